The smallest absolute Gasteiger partial charge is 0.224 e. The molecule has 0 aliphatic heterocycles. The first kappa shape index (κ1) is 18.0. The third-order valence-electron chi connectivity index (χ3n) is 3.82. The zero-order valence-corrected chi connectivity index (χ0v) is 16.3. The van der Waals surface area contributed by atoms with Gasteiger partial charge in [-0.05, 0) is 66.5 Å². The Hall–Kier alpha value is -1.37. The summed E-state index contributed by atoms with van der Waals surface area (Å²) in [7, 11) is 0. The van der Waals surface area contributed by atoms with E-state index in [1.165, 1.54) is 11.3 Å². The lowest BCUT2D eigenvalue weighted by Gasteiger charge is -2.09. The van der Waals surface area contributed by atoms with Crippen LogP contribution >= 0.6 is 22.6 Å². The summed E-state index contributed by atoms with van der Waals surface area (Å²) in [5, 5.41) is 7.59. The summed E-state index contributed by atoms with van der Waals surface area (Å²) >= 11 is 2.23. The number of hydrogen-bond donors (Lipinski definition) is 1. The molecule has 1 heterocycles. The topological polar surface area (TPSA) is 46.9 Å². The number of halogens is 1. The molecule has 1 amide bonds. The van der Waals surface area contributed by atoms with E-state index in [4.69, 9.17) is 0 Å². The highest BCUT2D eigenvalue weighted by molar-refractivity contribution is 14.1. The molecule has 0 saturated heterocycles. The molecule has 0 atom stereocenters. The summed E-state index contributed by atoms with van der Waals surface area (Å²) in [6, 6.07) is 7.81. The standard InChI is InChI=1S/C18H24IN3O/c1-12(2)11-22-14(4)15(13(3)21-22)9-10-18(23)20-17-8-6-5-7-16(17)19/h5-8,12H,9-11H2,1-4H3,(H,20,23). The van der Waals surface area contributed by atoms with Gasteiger partial charge in [-0.3, -0.25) is 9.48 Å². The lowest BCUT2D eigenvalue weighted by Crippen LogP contribution is -2.13. The average molecular weight is 425 g/mol. The molecule has 4 nitrogen and oxygen atoms in total. The second kappa shape index (κ2) is 7.95. The van der Waals surface area contributed by atoms with Crippen LogP contribution in [-0.2, 0) is 17.8 Å². The Bertz CT molecular complexity index is 692. The number of rotatable bonds is 6. The van der Waals surface area contributed by atoms with Crippen LogP contribution in [0.15, 0.2) is 24.3 Å². The maximum Gasteiger partial charge on any atom is 0.224 e. The number of hydrogen-bond acceptors (Lipinski definition) is 2. The Balaban J connectivity index is 1.99. The molecule has 0 radical (unpaired) electrons. The zero-order chi connectivity index (χ0) is 17.0. The zero-order valence-electron chi connectivity index (χ0n) is 14.2. The minimum absolute atomic E-state index is 0.0459. The van der Waals surface area contributed by atoms with Gasteiger partial charge in [0.1, 0.15) is 0 Å². The van der Waals surface area contributed by atoms with Crippen molar-refractivity contribution in [2.24, 2.45) is 5.92 Å². The van der Waals surface area contributed by atoms with Crippen LogP contribution in [0.2, 0.25) is 0 Å². The van der Waals surface area contributed by atoms with Crippen molar-refractivity contribution in [3.05, 3.63) is 44.8 Å². The summed E-state index contributed by atoms with van der Waals surface area (Å²) in [5.41, 5.74) is 4.29. The molecule has 2 rings (SSSR count). The van der Waals surface area contributed by atoms with E-state index in [1.54, 1.807) is 0 Å². The fourth-order valence-corrected chi connectivity index (χ4v) is 3.16. The molecule has 0 aliphatic carbocycles. The molecular formula is C18H24IN3O. The number of nitrogens with one attached hydrogen (secondary N) is 1. The second-order valence-electron chi connectivity index (χ2n) is 6.25. The van der Waals surface area contributed by atoms with Crippen molar-refractivity contribution in [3.63, 3.8) is 0 Å². The van der Waals surface area contributed by atoms with Gasteiger partial charge in [-0.15, -0.1) is 0 Å². The summed E-state index contributed by atoms with van der Waals surface area (Å²) in [4.78, 5) is 12.2. The number of para-hydroxylation sites is 1. The van der Waals surface area contributed by atoms with Crippen LogP contribution < -0.4 is 5.32 Å². The molecule has 124 valence electrons. The van der Waals surface area contributed by atoms with E-state index >= 15 is 0 Å². The highest BCUT2D eigenvalue weighted by atomic mass is 127. The van der Waals surface area contributed by atoms with Gasteiger partial charge in [-0.2, -0.15) is 5.10 Å². The van der Waals surface area contributed by atoms with E-state index in [-0.39, 0.29) is 5.91 Å². The Morgan fingerprint density at radius 1 is 1.30 bits per heavy atom. The van der Waals surface area contributed by atoms with E-state index in [2.05, 4.69) is 58.5 Å². The second-order valence-corrected chi connectivity index (χ2v) is 7.42. The van der Waals surface area contributed by atoms with E-state index < -0.39 is 0 Å². The number of carbonyl (C=O) groups is 1. The van der Waals surface area contributed by atoms with Crippen molar-refractivity contribution in [2.75, 3.05) is 5.32 Å². The highest BCUT2D eigenvalue weighted by Crippen LogP contribution is 2.19. The highest BCUT2D eigenvalue weighted by Gasteiger charge is 2.14. The molecule has 23 heavy (non-hydrogen) atoms. The van der Waals surface area contributed by atoms with Gasteiger partial charge in [0.15, 0.2) is 0 Å². The minimum Gasteiger partial charge on any atom is -0.325 e. The molecule has 0 spiro atoms. The molecule has 2 aromatic rings. The number of anilines is 1. The van der Waals surface area contributed by atoms with Gasteiger partial charge < -0.3 is 5.32 Å². The molecule has 0 saturated carbocycles. The van der Waals surface area contributed by atoms with Crippen LogP contribution in [-0.4, -0.2) is 15.7 Å². The predicted octanol–water partition coefficient (Wildman–Crippen LogP) is 4.33. The summed E-state index contributed by atoms with van der Waals surface area (Å²) < 4.78 is 3.11. The Labute approximate surface area is 151 Å². The number of carbonyl (C=O) groups excluding carboxylic acids is 1. The van der Waals surface area contributed by atoms with Crippen molar-refractivity contribution in [1.29, 1.82) is 0 Å². The maximum absolute atomic E-state index is 12.2. The molecule has 0 bridgehead atoms. The first-order valence-electron chi connectivity index (χ1n) is 7.95. The lowest BCUT2D eigenvalue weighted by molar-refractivity contribution is -0.116. The number of aromatic nitrogens is 2. The normalized spacial score (nSPS) is 11.0. The lowest BCUT2D eigenvalue weighted by atomic mass is 10.1. The van der Waals surface area contributed by atoms with E-state index in [9.17, 15) is 4.79 Å². The molecule has 0 fully saturated rings. The predicted molar refractivity (Wildman–Crippen MR) is 103 cm³/mol. The van der Waals surface area contributed by atoms with Crippen molar-refractivity contribution in [1.82, 2.24) is 9.78 Å². The summed E-state index contributed by atoms with van der Waals surface area (Å²) in [6.45, 7) is 9.41. The third-order valence-corrected chi connectivity index (χ3v) is 4.76. The number of aryl methyl sites for hydroxylation is 1. The molecule has 0 unspecified atom stereocenters. The van der Waals surface area contributed by atoms with Crippen molar-refractivity contribution in [2.45, 2.75) is 47.1 Å². The van der Waals surface area contributed by atoms with Crippen LogP contribution in [0.25, 0.3) is 0 Å². The first-order valence-corrected chi connectivity index (χ1v) is 9.03. The average Bonchev–Trinajstić information content (AvgIpc) is 2.73. The van der Waals surface area contributed by atoms with Gasteiger partial charge in [-0.1, -0.05) is 26.0 Å². The number of nitrogens with zero attached hydrogens (tertiary/aromatic N) is 2. The monoisotopic (exact) mass is 425 g/mol. The van der Waals surface area contributed by atoms with Gasteiger partial charge in [0.2, 0.25) is 5.91 Å². The number of amides is 1. The van der Waals surface area contributed by atoms with Gasteiger partial charge in [0.25, 0.3) is 0 Å². The Morgan fingerprint density at radius 2 is 2.00 bits per heavy atom. The molecule has 1 aromatic heterocycles. The molecule has 5 heteroatoms. The van der Waals surface area contributed by atoms with Gasteiger partial charge in [0, 0.05) is 22.2 Å². The molecule has 0 aliphatic rings. The van der Waals surface area contributed by atoms with Gasteiger partial charge in [-0.25, -0.2) is 0 Å². The van der Waals surface area contributed by atoms with Crippen molar-refractivity contribution in [3.8, 4) is 0 Å². The first-order chi connectivity index (χ1) is 10.9. The maximum atomic E-state index is 12.2. The molecule has 1 aromatic carbocycles. The third kappa shape index (κ3) is 4.80. The van der Waals surface area contributed by atoms with Gasteiger partial charge in [0.05, 0.1) is 11.4 Å². The van der Waals surface area contributed by atoms with Crippen LogP contribution in [0.1, 0.15) is 37.2 Å². The molecular weight excluding hydrogens is 401 g/mol. The van der Waals surface area contributed by atoms with Crippen molar-refractivity contribution >= 4 is 34.2 Å². The van der Waals surface area contributed by atoms with Crippen LogP contribution in [0.3, 0.4) is 0 Å². The van der Waals surface area contributed by atoms with Crippen molar-refractivity contribution < 1.29 is 4.79 Å². The summed E-state index contributed by atoms with van der Waals surface area (Å²) in [6.07, 6.45) is 1.20. The van der Waals surface area contributed by atoms with E-state index in [1.807, 2.05) is 31.2 Å². The summed E-state index contributed by atoms with van der Waals surface area (Å²) in [5.74, 6) is 0.605. The van der Waals surface area contributed by atoms with E-state index in [0.717, 1.165) is 27.9 Å². The van der Waals surface area contributed by atoms with Gasteiger partial charge >= 0.3 is 0 Å². The Morgan fingerprint density at radius 3 is 2.65 bits per heavy atom. The van der Waals surface area contributed by atoms with Crippen LogP contribution in [0.5, 0.6) is 0 Å². The SMILES string of the molecule is Cc1nn(CC(C)C)c(C)c1CCC(=O)Nc1ccccc1I. The minimum atomic E-state index is 0.0459. The Kier molecular flexibility index (Phi) is 6.21. The van der Waals surface area contributed by atoms with Crippen LogP contribution in [0.4, 0.5) is 5.69 Å². The fourth-order valence-electron chi connectivity index (χ4n) is 2.63. The number of benzene rings is 1. The van der Waals surface area contributed by atoms with E-state index in [0.29, 0.717) is 12.3 Å². The largest absolute Gasteiger partial charge is 0.325 e. The van der Waals surface area contributed by atoms with Crippen LogP contribution in [0, 0.1) is 23.3 Å². The molecule has 1 N–H and O–H groups in total. The fraction of sp³-hybridized carbons (Fsp3) is 0.444. The quantitative estimate of drug-likeness (QED) is 0.701.